The lowest BCUT2D eigenvalue weighted by Crippen LogP contribution is -2.06. The molecule has 4 nitrogen and oxygen atoms in total. The molecule has 0 atom stereocenters. The number of nitrogens with zero attached hydrogens (tertiary/aromatic N) is 2. The van der Waals surface area contributed by atoms with E-state index in [4.69, 9.17) is 14.7 Å². The van der Waals surface area contributed by atoms with Gasteiger partial charge in [0.25, 0.3) is 0 Å². The average molecular weight is 566 g/mol. The van der Waals surface area contributed by atoms with Crippen molar-refractivity contribution in [2.24, 2.45) is 0 Å². The Labute approximate surface area is 223 Å². The second-order valence-corrected chi connectivity index (χ2v) is 11.5. The minimum atomic E-state index is 0.0684. The van der Waals surface area contributed by atoms with Crippen LogP contribution in [0.3, 0.4) is 0 Å². The summed E-state index contributed by atoms with van der Waals surface area (Å²) in [6, 6.07) is 23.9. The van der Waals surface area contributed by atoms with Crippen molar-refractivity contribution in [2.75, 3.05) is 0 Å². The third-order valence-corrected chi connectivity index (χ3v) is 7.18. The van der Waals surface area contributed by atoms with Gasteiger partial charge in [0.15, 0.2) is 0 Å². The molecule has 0 radical (unpaired) electrons. The smallest absolute Gasteiger partial charge is 0.137 e. The summed E-state index contributed by atoms with van der Waals surface area (Å²) in [6.07, 6.45) is 0.147. The molecule has 0 fully saturated rings. The van der Waals surface area contributed by atoms with E-state index in [2.05, 4.69) is 28.1 Å². The number of thiophene rings is 2. The fourth-order valence-electron chi connectivity index (χ4n) is 3.17. The summed E-state index contributed by atoms with van der Waals surface area (Å²) in [5.74, 6) is 1.30. The normalized spacial score (nSPS) is 10.3. The molecular formula is C28H25BrN2O2S2. The predicted molar refractivity (Wildman–Crippen MR) is 148 cm³/mol. The molecule has 4 rings (SSSR count). The maximum absolute atomic E-state index is 9.17. The fraction of sp³-hybridized carbons (Fsp3) is 0.214. The summed E-state index contributed by atoms with van der Waals surface area (Å²) >= 11 is 6.75. The van der Waals surface area contributed by atoms with Crippen molar-refractivity contribution >= 4 is 38.6 Å². The second kappa shape index (κ2) is 12.6. The SMILES string of the molecule is CC(C)Oc1ccc(-c2ccc(Br)s2)cc1C#N.CC(C)Oc1ccc(-c2cccs2)cc1C#N. The number of halogens is 1. The third-order valence-electron chi connectivity index (χ3n) is 4.59. The quantitative estimate of drug-likeness (QED) is 0.234. The molecule has 2 heterocycles. The highest BCUT2D eigenvalue weighted by molar-refractivity contribution is 9.11. The Morgan fingerprint density at radius 2 is 1.29 bits per heavy atom. The van der Waals surface area contributed by atoms with Gasteiger partial charge in [0, 0.05) is 9.75 Å². The third kappa shape index (κ3) is 7.44. The lowest BCUT2D eigenvalue weighted by molar-refractivity contribution is 0.241. The van der Waals surface area contributed by atoms with E-state index in [0.717, 1.165) is 24.7 Å². The lowest BCUT2D eigenvalue weighted by atomic mass is 10.1. The maximum Gasteiger partial charge on any atom is 0.137 e. The van der Waals surface area contributed by atoms with Crippen LogP contribution in [0.4, 0.5) is 0 Å². The molecule has 2 aromatic carbocycles. The van der Waals surface area contributed by atoms with E-state index in [0.29, 0.717) is 22.6 Å². The first-order valence-electron chi connectivity index (χ1n) is 11.0. The van der Waals surface area contributed by atoms with Crippen molar-refractivity contribution in [3.8, 4) is 44.5 Å². The van der Waals surface area contributed by atoms with E-state index in [1.807, 2.05) is 93.7 Å². The molecule has 0 unspecified atom stereocenters. The Kier molecular flexibility index (Phi) is 9.51. The molecular weight excluding hydrogens is 540 g/mol. The van der Waals surface area contributed by atoms with Gasteiger partial charge in [-0.15, -0.1) is 22.7 Å². The van der Waals surface area contributed by atoms with E-state index < -0.39 is 0 Å². The van der Waals surface area contributed by atoms with Crippen LogP contribution in [0.15, 0.2) is 69.8 Å². The van der Waals surface area contributed by atoms with Gasteiger partial charge >= 0.3 is 0 Å². The van der Waals surface area contributed by atoms with Crippen molar-refractivity contribution < 1.29 is 9.47 Å². The van der Waals surface area contributed by atoms with E-state index in [9.17, 15) is 5.26 Å². The van der Waals surface area contributed by atoms with Crippen molar-refractivity contribution in [1.29, 1.82) is 10.5 Å². The predicted octanol–water partition coefficient (Wildman–Crippen LogP) is 8.91. The Morgan fingerprint density at radius 1 is 0.743 bits per heavy atom. The van der Waals surface area contributed by atoms with Crippen LogP contribution in [-0.2, 0) is 0 Å². The fourth-order valence-corrected chi connectivity index (χ4v) is 5.27. The number of ether oxygens (including phenoxy) is 2. The summed E-state index contributed by atoms with van der Waals surface area (Å²) in [5.41, 5.74) is 3.27. The zero-order valence-corrected chi connectivity index (χ0v) is 23.1. The van der Waals surface area contributed by atoms with E-state index in [1.54, 1.807) is 22.7 Å². The monoisotopic (exact) mass is 564 g/mol. The molecule has 0 N–H and O–H groups in total. The minimum Gasteiger partial charge on any atom is -0.490 e. The van der Waals surface area contributed by atoms with Gasteiger partial charge in [0.2, 0.25) is 0 Å². The van der Waals surface area contributed by atoms with Crippen molar-refractivity contribution in [1.82, 2.24) is 0 Å². The van der Waals surface area contributed by atoms with Gasteiger partial charge in [-0.05, 0) is 115 Å². The zero-order chi connectivity index (χ0) is 25.4. The summed E-state index contributed by atoms with van der Waals surface area (Å²) < 4.78 is 12.3. The number of hydrogen-bond donors (Lipinski definition) is 0. The molecule has 0 aliphatic carbocycles. The Balaban J connectivity index is 0.000000196. The first kappa shape index (κ1) is 26.5. The maximum atomic E-state index is 9.17. The summed E-state index contributed by atoms with van der Waals surface area (Å²) in [4.78, 5) is 2.30. The standard InChI is InChI=1S/C14H12BrNOS.C14H13NOS/c1-9(2)17-12-4-3-10(7-11(12)8-16)13-5-6-14(15)18-13;1-10(2)16-13-6-5-11(8-12(13)9-15)14-4-3-7-17-14/h3-7,9H,1-2H3;3-8,10H,1-2H3. The summed E-state index contributed by atoms with van der Waals surface area (Å²) in [6.45, 7) is 7.81. The zero-order valence-electron chi connectivity index (χ0n) is 19.9. The molecule has 7 heteroatoms. The van der Waals surface area contributed by atoms with Gasteiger partial charge in [0.1, 0.15) is 23.6 Å². The highest BCUT2D eigenvalue weighted by Crippen LogP contribution is 2.34. The first-order chi connectivity index (χ1) is 16.8. The Hall–Kier alpha value is -3.10. The highest BCUT2D eigenvalue weighted by Gasteiger charge is 2.10. The topological polar surface area (TPSA) is 66.0 Å². The molecule has 0 aliphatic heterocycles. The summed E-state index contributed by atoms with van der Waals surface area (Å²) in [5, 5.41) is 20.3. The van der Waals surface area contributed by atoms with Gasteiger partial charge in [-0.3, -0.25) is 0 Å². The number of rotatable bonds is 6. The molecule has 0 spiro atoms. The molecule has 178 valence electrons. The first-order valence-corrected chi connectivity index (χ1v) is 13.5. The molecule has 0 saturated heterocycles. The van der Waals surface area contributed by atoms with Gasteiger partial charge < -0.3 is 9.47 Å². The van der Waals surface area contributed by atoms with E-state index in [1.165, 1.54) is 0 Å². The average Bonchev–Trinajstić information content (AvgIpc) is 3.51. The number of hydrogen-bond acceptors (Lipinski definition) is 6. The lowest BCUT2D eigenvalue weighted by Gasteiger charge is -2.11. The van der Waals surface area contributed by atoms with Gasteiger partial charge in [-0.1, -0.05) is 6.07 Å². The molecule has 0 aliphatic rings. The van der Waals surface area contributed by atoms with E-state index in [-0.39, 0.29) is 12.2 Å². The van der Waals surface area contributed by atoms with Crippen LogP contribution in [0.1, 0.15) is 38.8 Å². The molecule has 2 aromatic heterocycles. The van der Waals surface area contributed by atoms with Crippen molar-refractivity contribution in [3.05, 3.63) is 81.0 Å². The molecule has 0 saturated carbocycles. The van der Waals surface area contributed by atoms with Crippen LogP contribution in [0, 0.1) is 22.7 Å². The van der Waals surface area contributed by atoms with Crippen LogP contribution in [0.2, 0.25) is 0 Å². The van der Waals surface area contributed by atoms with Gasteiger partial charge in [-0.25, -0.2) is 0 Å². The van der Waals surface area contributed by atoms with Crippen LogP contribution in [0.25, 0.3) is 20.9 Å². The molecule has 4 aromatic rings. The largest absolute Gasteiger partial charge is 0.490 e. The van der Waals surface area contributed by atoms with Crippen LogP contribution >= 0.6 is 38.6 Å². The second-order valence-electron chi connectivity index (χ2n) is 8.06. The van der Waals surface area contributed by atoms with Gasteiger partial charge in [-0.2, -0.15) is 10.5 Å². The van der Waals surface area contributed by atoms with Crippen LogP contribution < -0.4 is 9.47 Å². The van der Waals surface area contributed by atoms with Crippen molar-refractivity contribution in [2.45, 2.75) is 39.9 Å². The Bertz CT molecular complexity index is 1350. The van der Waals surface area contributed by atoms with Crippen LogP contribution in [0.5, 0.6) is 11.5 Å². The number of nitriles is 2. The van der Waals surface area contributed by atoms with Crippen molar-refractivity contribution in [3.63, 3.8) is 0 Å². The number of benzene rings is 2. The van der Waals surface area contributed by atoms with Crippen LogP contribution in [-0.4, -0.2) is 12.2 Å². The molecule has 0 amide bonds. The summed E-state index contributed by atoms with van der Waals surface area (Å²) in [7, 11) is 0. The highest BCUT2D eigenvalue weighted by atomic mass is 79.9. The van der Waals surface area contributed by atoms with Gasteiger partial charge in [0.05, 0.1) is 27.1 Å². The molecule has 0 bridgehead atoms. The molecule has 35 heavy (non-hydrogen) atoms. The minimum absolute atomic E-state index is 0.0684. The Morgan fingerprint density at radius 3 is 1.69 bits per heavy atom. The van der Waals surface area contributed by atoms with E-state index >= 15 is 0 Å².